The molecule has 3 aromatic rings. The van der Waals surface area contributed by atoms with Crippen LogP contribution in [0.2, 0.25) is 0 Å². The monoisotopic (exact) mass is 338 g/mol. The van der Waals surface area contributed by atoms with Crippen molar-refractivity contribution in [1.82, 2.24) is 4.98 Å². The highest BCUT2D eigenvalue weighted by Gasteiger charge is 2.20. The minimum absolute atomic E-state index is 0.664. The second-order valence-electron chi connectivity index (χ2n) is 5.73. The van der Waals surface area contributed by atoms with E-state index in [2.05, 4.69) is 33.9 Å². The maximum Gasteiger partial charge on any atom is 0.238 e. The smallest absolute Gasteiger partial charge is 0.238 e. The molecule has 0 amide bonds. The molecule has 4 rings (SSSR count). The third-order valence-electron chi connectivity index (χ3n) is 4.04. The van der Waals surface area contributed by atoms with Crippen LogP contribution < -0.4 is 10.1 Å². The summed E-state index contributed by atoms with van der Waals surface area (Å²) < 4.78 is 10.7. The topological polar surface area (TPSA) is 47.3 Å². The van der Waals surface area contributed by atoms with E-state index in [0.29, 0.717) is 5.89 Å². The Labute approximate surface area is 144 Å². The van der Waals surface area contributed by atoms with Crippen LogP contribution in [-0.2, 0) is 6.42 Å². The van der Waals surface area contributed by atoms with E-state index in [-0.39, 0.29) is 0 Å². The maximum absolute atomic E-state index is 5.45. The van der Waals surface area contributed by atoms with Gasteiger partial charge in [0.25, 0.3) is 0 Å². The zero-order valence-corrected chi connectivity index (χ0v) is 14.2. The standard InChI is InChI=1S/C19H18N2O2S/c1-22-15-6-2-13(3-7-15)12-17(14-4-5-14)21-16-8-11-24-18(16)19-20-9-10-23-19/h2-3,6-11,21H,4-5,12H2,1H3. The van der Waals surface area contributed by atoms with Crippen LogP contribution >= 0.6 is 11.3 Å². The van der Waals surface area contributed by atoms with E-state index in [0.717, 1.165) is 22.7 Å². The summed E-state index contributed by atoms with van der Waals surface area (Å²) in [5, 5.41) is 5.67. The number of benzene rings is 1. The number of methoxy groups -OCH3 is 1. The zero-order chi connectivity index (χ0) is 16.4. The number of aromatic nitrogens is 1. The summed E-state index contributed by atoms with van der Waals surface area (Å²) in [6, 6.07) is 10.3. The van der Waals surface area contributed by atoms with E-state index in [1.54, 1.807) is 30.9 Å². The van der Waals surface area contributed by atoms with Gasteiger partial charge in [-0.2, -0.15) is 0 Å². The van der Waals surface area contributed by atoms with Crippen molar-refractivity contribution in [3.05, 3.63) is 65.0 Å². The van der Waals surface area contributed by atoms with Crippen LogP contribution in [0.1, 0.15) is 18.4 Å². The van der Waals surface area contributed by atoms with Crippen LogP contribution in [0.15, 0.2) is 63.9 Å². The Bertz CT molecular complexity index is 842. The van der Waals surface area contributed by atoms with Crippen molar-refractivity contribution in [3.63, 3.8) is 0 Å². The van der Waals surface area contributed by atoms with Gasteiger partial charge in [-0.15, -0.1) is 11.3 Å². The number of hydrogen-bond donors (Lipinski definition) is 1. The molecule has 4 nitrogen and oxygen atoms in total. The Morgan fingerprint density at radius 3 is 2.75 bits per heavy atom. The molecule has 0 bridgehead atoms. The van der Waals surface area contributed by atoms with Crippen molar-refractivity contribution in [2.75, 3.05) is 12.4 Å². The van der Waals surface area contributed by atoms with Crippen molar-refractivity contribution >= 4 is 17.0 Å². The fourth-order valence-electron chi connectivity index (χ4n) is 2.64. The molecule has 1 saturated carbocycles. The molecular formula is C19H18N2O2S. The van der Waals surface area contributed by atoms with Gasteiger partial charge >= 0.3 is 0 Å². The summed E-state index contributed by atoms with van der Waals surface area (Å²) in [5.41, 5.74) is 5.11. The van der Waals surface area contributed by atoms with Gasteiger partial charge in [0.2, 0.25) is 5.89 Å². The molecule has 5 heteroatoms. The van der Waals surface area contributed by atoms with E-state index in [4.69, 9.17) is 9.15 Å². The Morgan fingerprint density at radius 2 is 2.08 bits per heavy atom. The molecule has 24 heavy (non-hydrogen) atoms. The fourth-order valence-corrected chi connectivity index (χ4v) is 3.43. The van der Waals surface area contributed by atoms with Gasteiger partial charge in [0, 0.05) is 12.1 Å². The van der Waals surface area contributed by atoms with Crippen molar-refractivity contribution < 1.29 is 9.15 Å². The van der Waals surface area contributed by atoms with Crippen molar-refractivity contribution in [2.24, 2.45) is 0 Å². The van der Waals surface area contributed by atoms with Gasteiger partial charge in [-0.3, -0.25) is 0 Å². The van der Waals surface area contributed by atoms with Crippen LogP contribution in [0.3, 0.4) is 0 Å². The van der Waals surface area contributed by atoms with E-state index in [1.807, 2.05) is 12.1 Å². The Balaban J connectivity index is 1.55. The lowest BCUT2D eigenvalue weighted by Crippen LogP contribution is -2.03. The van der Waals surface area contributed by atoms with Crippen LogP contribution in [-0.4, -0.2) is 12.1 Å². The first-order chi connectivity index (χ1) is 11.8. The van der Waals surface area contributed by atoms with Crippen LogP contribution in [0.4, 0.5) is 5.69 Å². The number of anilines is 1. The molecular weight excluding hydrogens is 320 g/mol. The molecule has 2 aromatic heterocycles. The molecule has 1 fully saturated rings. The highest BCUT2D eigenvalue weighted by Crippen LogP contribution is 2.38. The van der Waals surface area contributed by atoms with Crippen LogP contribution in [0.25, 0.3) is 10.8 Å². The Kier molecular flexibility index (Phi) is 4.09. The average Bonchev–Trinajstić information content (AvgIpc) is 3.12. The highest BCUT2D eigenvalue weighted by atomic mass is 32.1. The summed E-state index contributed by atoms with van der Waals surface area (Å²) >= 11 is 1.63. The summed E-state index contributed by atoms with van der Waals surface area (Å²) in [6.07, 6.45) is 6.53. The highest BCUT2D eigenvalue weighted by molar-refractivity contribution is 7.14. The lowest BCUT2D eigenvalue weighted by atomic mass is 10.1. The first-order valence-electron chi connectivity index (χ1n) is 7.91. The lowest BCUT2D eigenvalue weighted by molar-refractivity contribution is 0.414. The quantitative estimate of drug-likeness (QED) is 0.678. The molecule has 1 aliphatic carbocycles. The van der Waals surface area contributed by atoms with Crippen LogP contribution in [0, 0.1) is 0 Å². The molecule has 1 aliphatic rings. The van der Waals surface area contributed by atoms with Crippen LogP contribution in [0.5, 0.6) is 5.75 Å². The number of hydrogen-bond acceptors (Lipinski definition) is 5. The number of nitrogens with zero attached hydrogens (tertiary/aromatic N) is 1. The summed E-state index contributed by atoms with van der Waals surface area (Å²) in [5.74, 6) is 1.55. The number of nitrogens with one attached hydrogen (secondary N) is 1. The van der Waals surface area contributed by atoms with Gasteiger partial charge < -0.3 is 14.5 Å². The van der Waals surface area contributed by atoms with Gasteiger partial charge in [0.05, 0.1) is 19.0 Å². The van der Waals surface area contributed by atoms with Gasteiger partial charge in [0.1, 0.15) is 16.9 Å². The third kappa shape index (κ3) is 3.21. The molecule has 2 heterocycles. The molecule has 0 saturated heterocycles. The van der Waals surface area contributed by atoms with Gasteiger partial charge in [-0.05, 0) is 47.6 Å². The normalized spacial score (nSPS) is 13.0. The lowest BCUT2D eigenvalue weighted by Gasteiger charge is -2.12. The van der Waals surface area contributed by atoms with Gasteiger partial charge in [-0.1, -0.05) is 12.1 Å². The Morgan fingerprint density at radius 1 is 1.25 bits per heavy atom. The number of rotatable bonds is 6. The van der Waals surface area contributed by atoms with E-state index < -0.39 is 0 Å². The minimum Gasteiger partial charge on any atom is -0.497 e. The molecule has 1 N–H and O–H groups in total. The molecule has 0 spiro atoms. The molecule has 122 valence electrons. The predicted molar refractivity (Wildman–Crippen MR) is 96.4 cm³/mol. The second kappa shape index (κ2) is 6.53. The SMILES string of the molecule is COc1ccc(CC(Nc2ccsc2-c2ncco2)=C2CC2)cc1. The Hall–Kier alpha value is -2.53. The predicted octanol–water partition coefficient (Wildman–Crippen LogP) is 5.11. The largest absolute Gasteiger partial charge is 0.497 e. The van der Waals surface area contributed by atoms with Gasteiger partial charge in [-0.25, -0.2) is 4.98 Å². The fraction of sp³-hybridized carbons (Fsp3) is 0.211. The first kappa shape index (κ1) is 15.0. The maximum atomic E-state index is 5.45. The number of thiophene rings is 1. The first-order valence-corrected chi connectivity index (χ1v) is 8.79. The molecule has 0 aliphatic heterocycles. The zero-order valence-electron chi connectivity index (χ0n) is 13.4. The van der Waals surface area contributed by atoms with E-state index in [9.17, 15) is 0 Å². The molecule has 0 radical (unpaired) electrons. The van der Waals surface area contributed by atoms with Crippen molar-refractivity contribution in [1.29, 1.82) is 0 Å². The third-order valence-corrected chi connectivity index (χ3v) is 4.95. The van der Waals surface area contributed by atoms with Crippen molar-refractivity contribution in [3.8, 4) is 16.5 Å². The summed E-state index contributed by atoms with van der Waals surface area (Å²) in [4.78, 5) is 5.30. The molecule has 1 aromatic carbocycles. The summed E-state index contributed by atoms with van der Waals surface area (Å²) in [6.45, 7) is 0. The van der Waals surface area contributed by atoms with Crippen molar-refractivity contribution in [2.45, 2.75) is 19.3 Å². The molecule has 0 unspecified atom stereocenters. The number of ether oxygens (including phenoxy) is 1. The second-order valence-corrected chi connectivity index (χ2v) is 6.65. The van der Waals surface area contributed by atoms with E-state index >= 15 is 0 Å². The number of oxazole rings is 1. The van der Waals surface area contributed by atoms with E-state index in [1.165, 1.54) is 29.7 Å². The average molecular weight is 338 g/mol. The number of allylic oxidation sites excluding steroid dienone is 2. The minimum atomic E-state index is 0.664. The van der Waals surface area contributed by atoms with Gasteiger partial charge in [0.15, 0.2) is 0 Å². The molecule has 0 atom stereocenters. The summed E-state index contributed by atoms with van der Waals surface area (Å²) in [7, 11) is 1.69.